The lowest BCUT2D eigenvalue weighted by atomic mass is 9.86. The Morgan fingerprint density at radius 1 is 0.688 bits per heavy atom. The summed E-state index contributed by atoms with van der Waals surface area (Å²) in [6.45, 7) is 0. The van der Waals surface area contributed by atoms with Crippen LogP contribution in [0, 0.1) is 0 Å². The van der Waals surface area contributed by atoms with Gasteiger partial charge in [-0.05, 0) is 47.0 Å². The maximum atomic E-state index is 3.59. The first-order valence-electron chi connectivity index (χ1n) is 11.2. The van der Waals surface area contributed by atoms with Gasteiger partial charge in [0.1, 0.15) is 0 Å². The highest BCUT2D eigenvalue weighted by Crippen LogP contribution is 2.49. The molecule has 2 aliphatic rings. The monoisotopic (exact) mass is 410 g/mol. The van der Waals surface area contributed by atoms with E-state index in [9.17, 15) is 0 Å². The molecular formula is C30H22N2. The van der Waals surface area contributed by atoms with E-state index in [-0.39, 0.29) is 0 Å². The van der Waals surface area contributed by atoms with Crippen LogP contribution in [-0.4, -0.2) is 11.0 Å². The Morgan fingerprint density at radius 2 is 1.47 bits per heavy atom. The molecule has 0 saturated heterocycles. The summed E-state index contributed by atoms with van der Waals surface area (Å²) < 4.78 is 0. The maximum absolute atomic E-state index is 3.59. The zero-order valence-electron chi connectivity index (χ0n) is 17.6. The van der Waals surface area contributed by atoms with Gasteiger partial charge in [0, 0.05) is 39.1 Å². The molecule has 0 radical (unpaired) electrons. The van der Waals surface area contributed by atoms with E-state index in [1.165, 1.54) is 49.9 Å². The summed E-state index contributed by atoms with van der Waals surface area (Å²) in [5.41, 5.74) is 8.88. The molecule has 5 aromatic rings. The number of benzene rings is 4. The fraction of sp³-hybridized carbons (Fsp3) is 0.0667. The van der Waals surface area contributed by atoms with Gasteiger partial charge >= 0.3 is 0 Å². The van der Waals surface area contributed by atoms with Crippen molar-refractivity contribution in [1.29, 1.82) is 0 Å². The number of nitrogens with zero attached hydrogens (tertiary/aromatic N) is 1. The molecule has 4 aromatic carbocycles. The van der Waals surface area contributed by atoms with E-state index in [1.807, 2.05) is 0 Å². The number of anilines is 2. The fourth-order valence-electron chi connectivity index (χ4n) is 5.47. The molecule has 2 atom stereocenters. The van der Waals surface area contributed by atoms with Crippen molar-refractivity contribution in [3.63, 3.8) is 0 Å². The molecule has 32 heavy (non-hydrogen) atoms. The second-order valence-corrected chi connectivity index (χ2v) is 8.69. The lowest BCUT2D eigenvalue weighted by Gasteiger charge is -2.29. The zero-order valence-corrected chi connectivity index (χ0v) is 17.6. The van der Waals surface area contributed by atoms with Crippen LogP contribution < -0.4 is 4.90 Å². The molecule has 1 aliphatic heterocycles. The molecule has 2 unspecified atom stereocenters. The standard InChI is InChI=1S/C30H22N2/c1-2-8-22(9-3-1)32-29-13-7-5-11-25(29)26-18-20(15-17-30(26)32)21-14-16-24-23-10-4-6-12-27(23)31-28(24)19-21/h1-19,26,30-31H. The molecule has 0 amide bonds. The molecule has 1 aromatic heterocycles. The van der Waals surface area contributed by atoms with Gasteiger partial charge in [0.2, 0.25) is 0 Å². The van der Waals surface area contributed by atoms with Crippen molar-refractivity contribution in [2.45, 2.75) is 12.0 Å². The minimum absolute atomic E-state index is 0.301. The largest absolute Gasteiger partial charge is 0.354 e. The Bertz CT molecular complexity index is 1540. The first kappa shape index (κ1) is 17.6. The van der Waals surface area contributed by atoms with Gasteiger partial charge in [-0.1, -0.05) is 85.0 Å². The zero-order chi connectivity index (χ0) is 21.1. The van der Waals surface area contributed by atoms with E-state index in [2.05, 4.69) is 125 Å². The molecule has 1 aliphatic carbocycles. The van der Waals surface area contributed by atoms with E-state index >= 15 is 0 Å². The summed E-state index contributed by atoms with van der Waals surface area (Å²) in [5.74, 6) is 0.338. The molecule has 1 N–H and O–H groups in total. The van der Waals surface area contributed by atoms with Crippen molar-refractivity contribution in [2.75, 3.05) is 4.90 Å². The third-order valence-electron chi connectivity index (χ3n) is 6.93. The molecule has 2 heteroatoms. The van der Waals surface area contributed by atoms with Gasteiger partial charge in [-0.3, -0.25) is 0 Å². The SMILES string of the molecule is C1=CC2C(C=C1c1ccc3c(c1)[nH]c1ccccc13)c1ccccc1N2c1ccccc1. The highest BCUT2D eigenvalue weighted by molar-refractivity contribution is 6.08. The van der Waals surface area contributed by atoms with Gasteiger partial charge in [-0.15, -0.1) is 0 Å². The molecule has 0 bridgehead atoms. The Morgan fingerprint density at radius 3 is 2.41 bits per heavy atom. The normalized spacial score (nSPS) is 19.2. The molecule has 0 spiro atoms. The van der Waals surface area contributed by atoms with Crippen molar-refractivity contribution >= 4 is 38.8 Å². The summed E-state index contributed by atoms with van der Waals surface area (Å²) in [7, 11) is 0. The van der Waals surface area contributed by atoms with Gasteiger partial charge in [0.05, 0.1) is 6.04 Å². The van der Waals surface area contributed by atoms with Gasteiger partial charge in [0.25, 0.3) is 0 Å². The summed E-state index contributed by atoms with van der Waals surface area (Å²) in [6.07, 6.45) is 7.13. The molecule has 7 rings (SSSR count). The van der Waals surface area contributed by atoms with Crippen molar-refractivity contribution in [3.05, 3.63) is 126 Å². The van der Waals surface area contributed by atoms with Crippen molar-refractivity contribution in [1.82, 2.24) is 4.98 Å². The lowest BCUT2D eigenvalue weighted by Crippen LogP contribution is -2.28. The van der Waals surface area contributed by atoms with Crippen LogP contribution in [0.1, 0.15) is 17.0 Å². The molecule has 152 valence electrons. The van der Waals surface area contributed by atoms with E-state index in [1.54, 1.807) is 0 Å². The number of nitrogens with one attached hydrogen (secondary N) is 1. The topological polar surface area (TPSA) is 19.0 Å². The fourth-order valence-corrected chi connectivity index (χ4v) is 5.47. The summed E-state index contributed by atoms with van der Waals surface area (Å²) in [5, 5.41) is 2.56. The Hall–Kier alpha value is -4.04. The van der Waals surface area contributed by atoms with Crippen molar-refractivity contribution < 1.29 is 0 Å². The molecular weight excluding hydrogens is 388 g/mol. The highest BCUT2D eigenvalue weighted by Gasteiger charge is 2.38. The van der Waals surface area contributed by atoms with Crippen LogP contribution in [0.2, 0.25) is 0 Å². The van der Waals surface area contributed by atoms with Gasteiger partial charge in [-0.25, -0.2) is 0 Å². The van der Waals surface area contributed by atoms with Crippen LogP contribution in [0.15, 0.2) is 115 Å². The minimum atomic E-state index is 0.301. The Kier molecular flexibility index (Phi) is 3.71. The summed E-state index contributed by atoms with van der Waals surface area (Å²) >= 11 is 0. The predicted octanol–water partition coefficient (Wildman–Crippen LogP) is 7.58. The van der Waals surface area contributed by atoms with E-state index in [0.29, 0.717) is 12.0 Å². The number of fused-ring (bicyclic) bond motifs is 6. The second-order valence-electron chi connectivity index (χ2n) is 8.69. The van der Waals surface area contributed by atoms with Gasteiger partial charge < -0.3 is 9.88 Å². The Labute approximate surface area is 187 Å². The molecule has 0 saturated carbocycles. The number of hydrogen-bond acceptors (Lipinski definition) is 1. The number of aromatic amines is 1. The van der Waals surface area contributed by atoms with Gasteiger partial charge in [-0.2, -0.15) is 0 Å². The van der Waals surface area contributed by atoms with Crippen molar-refractivity contribution in [2.24, 2.45) is 0 Å². The lowest BCUT2D eigenvalue weighted by molar-refractivity contribution is 0.747. The van der Waals surface area contributed by atoms with Crippen LogP contribution in [0.3, 0.4) is 0 Å². The summed E-state index contributed by atoms with van der Waals surface area (Å²) in [6, 6.07) is 35.2. The first-order valence-corrected chi connectivity index (χ1v) is 11.2. The number of allylic oxidation sites excluding steroid dienone is 2. The highest BCUT2D eigenvalue weighted by atomic mass is 15.2. The van der Waals surface area contributed by atoms with E-state index < -0.39 is 0 Å². The number of rotatable bonds is 2. The molecule has 2 nitrogen and oxygen atoms in total. The third kappa shape index (κ3) is 2.53. The van der Waals surface area contributed by atoms with Crippen LogP contribution >= 0.6 is 0 Å². The van der Waals surface area contributed by atoms with Crippen LogP contribution in [0.4, 0.5) is 11.4 Å². The van der Waals surface area contributed by atoms with Crippen LogP contribution in [0.5, 0.6) is 0 Å². The maximum Gasteiger partial charge on any atom is 0.0630 e. The third-order valence-corrected chi connectivity index (χ3v) is 6.93. The van der Waals surface area contributed by atoms with Crippen molar-refractivity contribution in [3.8, 4) is 0 Å². The number of hydrogen-bond donors (Lipinski definition) is 1. The smallest absolute Gasteiger partial charge is 0.0630 e. The predicted molar refractivity (Wildman–Crippen MR) is 134 cm³/mol. The number of para-hydroxylation sites is 3. The molecule has 0 fully saturated rings. The van der Waals surface area contributed by atoms with Gasteiger partial charge in [0.15, 0.2) is 0 Å². The van der Waals surface area contributed by atoms with Crippen LogP contribution in [-0.2, 0) is 0 Å². The average molecular weight is 411 g/mol. The number of H-pyrrole nitrogens is 1. The second kappa shape index (κ2) is 6.73. The Balaban J connectivity index is 1.33. The average Bonchev–Trinajstić information content (AvgIpc) is 3.39. The minimum Gasteiger partial charge on any atom is -0.354 e. The van der Waals surface area contributed by atoms with E-state index in [4.69, 9.17) is 0 Å². The van der Waals surface area contributed by atoms with E-state index in [0.717, 1.165) is 0 Å². The first-order chi connectivity index (χ1) is 15.9. The molecule has 2 heterocycles. The van der Waals surface area contributed by atoms with Crippen LogP contribution in [0.25, 0.3) is 27.4 Å². The summed E-state index contributed by atoms with van der Waals surface area (Å²) in [4.78, 5) is 6.07. The number of aromatic nitrogens is 1. The quantitative estimate of drug-likeness (QED) is 0.318.